The average molecular weight is 320 g/mol. The molecular weight excluding hydrogens is 292 g/mol. The van der Waals surface area contributed by atoms with Crippen molar-refractivity contribution in [1.29, 1.82) is 0 Å². The summed E-state index contributed by atoms with van der Waals surface area (Å²) in [5.74, 6) is -0.0418. The fourth-order valence-electron chi connectivity index (χ4n) is 1.72. The number of benzene rings is 1. The lowest BCUT2D eigenvalue weighted by Crippen LogP contribution is -2.30. The highest BCUT2D eigenvalue weighted by molar-refractivity contribution is 5.95. The van der Waals surface area contributed by atoms with Gasteiger partial charge < -0.3 is 21.5 Å². The molecule has 23 heavy (non-hydrogen) atoms. The Kier molecular flexibility index (Phi) is 6.15. The topological polar surface area (TPSA) is 99.7 Å². The number of hydrogen-bond acceptors (Lipinski definition) is 4. The summed E-state index contributed by atoms with van der Waals surface area (Å²) in [5, 5.41) is 15.8. The Balaban J connectivity index is 2.97. The number of carbonyl (C=O) groups excluding carboxylic acids is 1. The lowest BCUT2D eigenvalue weighted by molar-refractivity contribution is -0.124. The summed E-state index contributed by atoms with van der Waals surface area (Å²) in [5.41, 5.74) is 6.11. The van der Waals surface area contributed by atoms with Crippen molar-refractivity contribution < 1.29 is 9.90 Å². The van der Waals surface area contributed by atoms with E-state index in [1.165, 1.54) is 6.34 Å². The van der Waals surface area contributed by atoms with E-state index in [2.05, 4.69) is 15.6 Å². The first kappa shape index (κ1) is 19.0. The van der Waals surface area contributed by atoms with E-state index >= 15 is 0 Å². The molecular formula is C17H28N4O2. The van der Waals surface area contributed by atoms with Gasteiger partial charge in [-0.1, -0.05) is 20.8 Å². The van der Waals surface area contributed by atoms with Crippen molar-refractivity contribution in [3.05, 3.63) is 18.2 Å². The van der Waals surface area contributed by atoms with E-state index in [1.807, 2.05) is 26.8 Å². The van der Waals surface area contributed by atoms with Gasteiger partial charge in [-0.25, -0.2) is 4.99 Å². The van der Waals surface area contributed by atoms with Gasteiger partial charge in [0.2, 0.25) is 5.91 Å². The molecule has 5 N–H and O–H groups in total. The van der Waals surface area contributed by atoms with Crippen LogP contribution in [0.15, 0.2) is 23.2 Å². The van der Waals surface area contributed by atoms with E-state index in [4.69, 9.17) is 5.73 Å². The molecule has 6 heteroatoms. The Bertz CT molecular complexity index is 574. The summed E-state index contributed by atoms with van der Waals surface area (Å²) in [6.45, 7) is 9.59. The van der Waals surface area contributed by atoms with E-state index in [1.54, 1.807) is 26.0 Å². The molecule has 0 aliphatic heterocycles. The summed E-state index contributed by atoms with van der Waals surface area (Å²) < 4.78 is 0. The van der Waals surface area contributed by atoms with Crippen LogP contribution in [0.3, 0.4) is 0 Å². The predicted octanol–water partition coefficient (Wildman–Crippen LogP) is 2.86. The molecule has 0 aliphatic carbocycles. The van der Waals surface area contributed by atoms with Gasteiger partial charge in [0.15, 0.2) is 0 Å². The molecule has 0 radical (unpaired) electrons. The van der Waals surface area contributed by atoms with E-state index in [-0.39, 0.29) is 5.91 Å². The molecule has 0 saturated carbocycles. The van der Waals surface area contributed by atoms with Crippen LogP contribution in [0, 0.1) is 5.41 Å². The van der Waals surface area contributed by atoms with Crippen molar-refractivity contribution in [3.63, 3.8) is 0 Å². The van der Waals surface area contributed by atoms with Crippen LogP contribution in [-0.4, -0.2) is 29.5 Å². The molecule has 0 saturated heterocycles. The molecule has 0 unspecified atom stereocenters. The Morgan fingerprint density at radius 2 is 2.00 bits per heavy atom. The maximum atomic E-state index is 12.3. The molecule has 1 rings (SSSR count). The van der Waals surface area contributed by atoms with Gasteiger partial charge in [0.05, 0.1) is 23.3 Å². The number of carbonyl (C=O) groups is 1. The predicted molar refractivity (Wildman–Crippen MR) is 96.3 cm³/mol. The van der Waals surface area contributed by atoms with Crippen molar-refractivity contribution >= 4 is 29.3 Å². The van der Waals surface area contributed by atoms with Crippen molar-refractivity contribution in [3.8, 4) is 0 Å². The van der Waals surface area contributed by atoms with E-state index in [0.717, 1.165) is 12.1 Å². The summed E-state index contributed by atoms with van der Waals surface area (Å²) in [4.78, 5) is 16.4. The first-order valence-electron chi connectivity index (χ1n) is 7.75. The van der Waals surface area contributed by atoms with Crippen LogP contribution in [-0.2, 0) is 4.79 Å². The van der Waals surface area contributed by atoms with E-state index in [9.17, 15) is 9.90 Å². The SMILES string of the molecule is CCC(C)(C)C(=O)Nc1ccc(NCC(C)(C)O)c(N=CN)c1. The largest absolute Gasteiger partial charge is 0.390 e. The zero-order valence-electron chi connectivity index (χ0n) is 14.6. The fourth-order valence-corrected chi connectivity index (χ4v) is 1.72. The molecule has 0 aromatic heterocycles. The number of nitrogens with one attached hydrogen (secondary N) is 2. The molecule has 1 aromatic carbocycles. The van der Waals surface area contributed by atoms with E-state index in [0.29, 0.717) is 17.9 Å². The van der Waals surface area contributed by atoms with Crippen LogP contribution in [0.25, 0.3) is 0 Å². The van der Waals surface area contributed by atoms with Crippen molar-refractivity contribution in [2.75, 3.05) is 17.2 Å². The number of rotatable bonds is 7. The molecule has 0 spiro atoms. The van der Waals surface area contributed by atoms with Gasteiger partial charge in [-0.05, 0) is 38.5 Å². The number of hydrogen-bond donors (Lipinski definition) is 4. The molecule has 0 heterocycles. The average Bonchev–Trinajstić information content (AvgIpc) is 2.45. The minimum Gasteiger partial charge on any atom is -0.390 e. The third-order valence-corrected chi connectivity index (χ3v) is 3.68. The number of aliphatic imine (C=N–C) groups is 1. The van der Waals surface area contributed by atoms with Crippen LogP contribution in [0.1, 0.15) is 41.0 Å². The molecule has 0 aliphatic rings. The smallest absolute Gasteiger partial charge is 0.230 e. The van der Waals surface area contributed by atoms with Crippen molar-refractivity contribution in [2.24, 2.45) is 16.1 Å². The Hall–Kier alpha value is -2.08. The minimum atomic E-state index is -0.845. The summed E-state index contributed by atoms with van der Waals surface area (Å²) >= 11 is 0. The van der Waals surface area contributed by atoms with Gasteiger partial charge in [-0.15, -0.1) is 0 Å². The third kappa shape index (κ3) is 5.90. The standard InChI is InChI=1S/C17H28N4O2/c1-6-16(2,3)15(22)21-12-7-8-13(14(9-12)20-11-18)19-10-17(4,5)23/h7-9,11,19,23H,6,10H2,1-5H3,(H2,18,20)(H,21,22). The van der Waals surface area contributed by atoms with Crippen LogP contribution >= 0.6 is 0 Å². The monoisotopic (exact) mass is 320 g/mol. The molecule has 0 bridgehead atoms. The summed E-state index contributed by atoms with van der Waals surface area (Å²) in [7, 11) is 0. The lowest BCUT2D eigenvalue weighted by atomic mass is 9.89. The maximum Gasteiger partial charge on any atom is 0.230 e. The minimum absolute atomic E-state index is 0.0418. The highest BCUT2D eigenvalue weighted by Crippen LogP contribution is 2.30. The number of amides is 1. The second kappa shape index (κ2) is 7.46. The first-order valence-corrected chi connectivity index (χ1v) is 7.75. The quantitative estimate of drug-likeness (QED) is 0.458. The van der Waals surface area contributed by atoms with Crippen LogP contribution in [0.2, 0.25) is 0 Å². The van der Waals surface area contributed by atoms with E-state index < -0.39 is 11.0 Å². The van der Waals surface area contributed by atoms with Gasteiger partial charge in [0.1, 0.15) is 0 Å². The molecule has 0 fully saturated rings. The summed E-state index contributed by atoms with van der Waals surface area (Å²) in [6.07, 6.45) is 1.95. The zero-order valence-corrected chi connectivity index (χ0v) is 14.6. The van der Waals surface area contributed by atoms with Gasteiger partial charge >= 0.3 is 0 Å². The first-order chi connectivity index (χ1) is 10.6. The molecule has 128 valence electrons. The lowest BCUT2D eigenvalue weighted by Gasteiger charge is -2.22. The normalized spacial score (nSPS) is 12.4. The highest BCUT2D eigenvalue weighted by atomic mass is 16.3. The van der Waals surface area contributed by atoms with Crippen LogP contribution in [0.4, 0.5) is 17.1 Å². The maximum absolute atomic E-state index is 12.3. The zero-order chi connectivity index (χ0) is 17.7. The van der Waals surface area contributed by atoms with Gasteiger partial charge in [-0.2, -0.15) is 0 Å². The van der Waals surface area contributed by atoms with Crippen LogP contribution in [0.5, 0.6) is 0 Å². The fraction of sp³-hybridized carbons (Fsp3) is 0.529. The number of nitrogens with zero attached hydrogens (tertiary/aromatic N) is 1. The second-order valence-corrected chi connectivity index (χ2v) is 6.87. The van der Waals surface area contributed by atoms with Gasteiger partial charge in [0, 0.05) is 17.6 Å². The number of aliphatic hydroxyl groups is 1. The highest BCUT2D eigenvalue weighted by Gasteiger charge is 2.25. The second-order valence-electron chi connectivity index (χ2n) is 6.87. The van der Waals surface area contributed by atoms with Crippen LogP contribution < -0.4 is 16.4 Å². The molecule has 1 aromatic rings. The van der Waals surface area contributed by atoms with Gasteiger partial charge in [0.25, 0.3) is 0 Å². The molecule has 1 amide bonds. The molecule has 6 nitrogen and oxygen atoms in total. The number of anilines is 2. The van der Waals surface area contributed by atoms with Gasteiger partial charge in [-0.3, -0.25) is 4.79 Å². The molecule has 0 atom stereocenters. The Morgan fingerprint density at radius 3 is 2.52 bits per heavy atom. The van der Waals surface area contributed by atoms with Crippen molar-refractivity contribution in [1.82, 2.24) is 0 Å². The summed E-state index contributed by atoms with van der Waals surface area (Å²) in [6, 6.07) is 5.36. The third-order valence-electron chi connectivity index (χ3n) is 3.68. The van der Waals surface area contributed by atoms with Crippen molar-refractivity contribution in [2.45, 2.75) is 46.6 Å². The number of nitrogens with two attached hydrogens (primary N) is 1. The Labute approximate surface area is 138 Å². The Morgan fingerprint density at radius 1 is 1.35 bits per heavy atom.